The monoisotopic (exact) mass is 567 g/mol. The zero-order valence-corrected chi connectivity index (χ0v) is 23.5. The average Bonchev–Trinajstić information content (AvgIpc) is 2.86. The second-order valence-electron chi connectivity index (χ2n) is 10.8. The zero-order chi connectivity index (χ0) is 28.6. The molecule has 1 aromatic carbocycles. The van der Waals surface area contributed by atoms with Crippen LogP contribution in [0.4, 0.5) is 13.2 Å². The molecule has 0 amide bonds. The molecule has 1 heterocycles. The lowest BCUT2D eigenvalue weighted by atomic mass is 9.81. The molecule has 0 spiro atoms. The largest absolute Gasteiger partial charge is 0.460 e. The van der Waals surface area contributed by atoms with Gasteiger partial charge in [-0.3, -0.25) is 15.1 Å². The summed E-state index contributed by atoms with van der Waals surface area (Å²) in [5, 5.41) is 3.39. The van der Waals surface area contributed by atoms with Crippen molar-refractivity contribution in [1.82, 2.24) is 15.8 Å². The number of carbonyl (C=O) groups excluding carboxylic acids is 1. The van der Waals surface area contributed by atoms with Crippen LogP contribution in [0.15, 0.2) is 36.9 Å². The van der Waals surface area contributed by atoms with Crippen molar-refractivity contribution < 1.29 is 27.5 Å². The first kappa shape index (κ1) is 30.9. The third kappa shape index (κ3) is 9.81. The number of nitrogens with zero attached hydrogens (tertiary/aromatic N) is 1. The molecule has 1 aliphatic rings. The number of nitrogens with one attached hydrogen (secondary N) is 2. The second kappa shape index (κ2) is 13.6. The van der Waals surface area contributed by atoms with E-state index in [2.05, 4.69) is 22.4 Å². The summed E-state index contributed by atoms with van der Waals surface area (Å²) in [6.45, 7) is 10.1. The summed E-state index contributed by atoms with van der Waals surface area (Å²) in [5.41, 5.74) is 3.80. The molecule has 0 radical (unpaired) electrons. The van der Waals surface area contributed by atoms with Gasteiger partial charge in [0.1, 0.15) is 10.8 Å². The maximum atomic E-state index is 13.8. The van der Waals surface area contributed by atoms with Gasteiger partial charge in [-0.2, -0.15) is 13.2 Å². The average molecular weight is 568 g/mol. The summed E-state index contributed by atoms with van der Waals surface area (Å²) >= 11 is 6.31. The Morgan fingerprint density at radius 2 is 1.85 bits per heavy atom. The van der Waals surface area contributed by atoms with Gasteiger partial charge in [-0.15, -0.1) is 0 Å². The van der Waals surface area contributed by atoms with E-state index in [1.54, 1.807) is 24.3 Å². The van der Waals surface area contributed by atoms with E-state index in [4.69, 9.17) is 21.2 Å². The molecule has 0 aliphatic heterocycles. The fourth-order valence-electron chi connectivity index (χ4n) is 4.54. The van der Waals surface area contributed by atoms with Gasteiger partial charge in [0.15, 0.2) is 0 Å². The number of halogens is 4. The highest BCUT2D eigenvalue weighted by Crippen LogP contribution is 2.41. The van der Waals surface area contributed by atoms with Gasteiger partial charge in [-0.05, 0) is 62.8 Å². The molecule has 0 atom stereocenters. The second-order valence-corrected chi connectivity index (χ2v) is 11.1. The summed E-state index contributed by atoms with van der Waals surface area (Å²) in [6.07, 6.45) is 0.381. The standard InChI is InChI=1S/C29H37ClF3N3O3/c1-19(25-13-11-22(27(30)35-25)17-34-15-14-26(37)39-28(2,3)4)36-38-18-20-10-12-23(21-8-6-5-7-9-21)24(16-20)29(31,32)33/h10-13,16,21,34,36H,1,5-9,14-15,17-18H2,2-4H3. The first-order chi connectivity index (χ1) is 18.3. The predicted molar refractivity (Wildman–Crippen MR) is 146 cm³/mol. The Hall–Kier alpha value is -2.62. The molecule has 214 valence electrons. The lowest BCUT2D eigenvalue weighted by Crippen LogP contribution is -2.26. The van der Waals surface area contributed by atoms with Crippen LogP contribution in [0.3, 0.4) is 0 Å². The number of hydrogen-bond acceptors (Lipinski definition) is 6. The van der Waals surface area contributed by atoms with Crippen LogP contribution in [-0.4, -0.2) is 23.1 Å². The van der Waals surface area contributed by atoms with Crippen LogP contribution in [0.2, 0.25) is 5.15 Å². The molecule has 0 saturated heterocycles. The predicted octanol–water partition coefficient (Wildman–Crippen LogP) is 7.32. The maximum Gasteiger partial charge on any atom is 0.416 e. The van der Waals surface area contributed by atoms with Crippen LogP contribution in [0.25, 0.3) is 5.70 Å². The number of aromatic nitrogens is 1. The van der Waals surface area contributed by atoms with Gasteiger partial charge >= 0.3 is 12.1 Å². The number of ether oxygens (including phenoxy) is 1. The minimum atomic E-state index is -4.42. The fraction of sp³-hybridized carbons (Fsp3) is 0.517. The summed E-state index contributed by atoms with van der Waals surface area (Å²) in [6, 6.07) is 7.93. The van der Waals surface area contributed by atoms with Crippen molar-refractivity contribution in [3.8, 4) is 0 Å². The highest BCUT2D eigenvalue weighted by Gasteiger charge is 2.35. The molecule has 3 rings (SSSR count). The number of rotatable bonds is 11. The summed E-state index contributed by atoms with van der Waals surface area (Å²) in [4.78, 5) is 21.5. The van der Waals surface area contributed by atoms with Gasteiger partial charge in [0.2, 0.25) is 0 Å². The van der Waals surface area contributed by atoms with Gasteiger partial charge in [-0.25, -0.2) is 4.98 Å². The molecule has 2 aromatic rings. The molecular weight excluding hydrogens is 531 g/mol. The summed E-state index contributed by atoms with van der Waals surface area (Å²) in [5.74, 6) is -0.339. The third-order valence-electron chi connectivity index (χ3n) is 6.38. The molecule has 2 N–H and O–H groups in total. The van der Waals surface area contributed by atoms with Crippen molar-refractivity contribution in [2.75, 3.05) is 6.54 Å². The van der Waals surface area contributed by atoms with E-state index in [0.717, 1.165) is 37.7 Å². The van der Waals surface area contributed by atoms with Crippen molar-refractivity contribution in [2.45, 2.75) is 90.1 Å². The van der Waals surface area contributed by atoms with Crippen molar-refractivity contribution in [1.29, 1.82) is 0 Å². The number of alkyl halides is 3. The lowest BCUT2D eigenvalue weighted by molar-refractivity contribution is -0.154. The molecule has 1 aliphatic carbocycles. The van der Waals surface area contributed by atoms with Crippen LogP contribution in [0.5, 0.6) is 0 Å². The number of hydroxylamine groups is 1. The Kier molecular flexibility index (Phi) is 10.8. The van der Waals surface area contributed by atoms with E-state index in [9.17, 15) is 18.0 Å². The number of esters is 1. The van der Waals surface area contributed by atoms with Crippen LogP contribution in [-0.2, 0) is 33.7 Å². The Balaban J connectivity index is 1.50. The minimum absolute atomic E-state index is 0.0535. The molecule has 1 aromatic heterocycles. The van der Waals surface area contributed by atoms with Gasteiger partial charge in [0, 0.05) is 18.7 Å². The lowest BCUT2D eigenvalue weighted by Gasteiger charge is -2.25. The van der Waals surface area contributed by atoms with Crippen LogP contribution >= 0.6 is 11.6 Å². The molecule has 6 nitrogen and oxygen atoms in total. The topological polar surface area (TPSA) is 72.5 Å². The van der Waals surface area contributed by atoms with Gasteiger partial charge in [0.05, 0.1) is 30.0 Å². The molecule has 39 heavy (non-hydrogen) atoms. The maximum absolute atomic E-state index is 13.8. The number of carbonyl (C=O) groups is 1. The number of hydrogen-bond donors (Lipinski definition) is 2. The van der Waals surface area contributed by atoms with Crippen molar-refractivity contribution in [3.05, 3.63) is 70.0 Å². The quantitative estimate of drug-likeness (QED) is 0.128. The van der Waals surface area contributed by atoms with Gasteiger partial charge in [0.25, 0.3) is 0 Å². The van der Waals surface area contributed by atoms with Crippen molar-refractivity contribution in [3.63, 3.8) is 0 Å². The van der Waals surface area contributed by atoms with Crippen LogP contribution in [0, 0.1) is 0 Å². The molecular formula is C29H37ClF3N3O3. The fourth-order valence-corrected chi connectivity index (χ4v) is 4.76. The molecule has 1 fully saturated rings. The molecule has 1 saturated carbocycles. The third-order valence-corrected chi connectivity index (χ3v) is 6.71. The Labute approximate surface area is 233 Å². The minimum Gasteiger partial charge on any atom is -0.460 e. The SMILES string of the molecule is C=C(NOCc1ccc(C2CCCCC2)c(C(F)(F)F)c1)c1ccc(CNCCC(=O)OC(C)(C)C)c(Cl)n1. The van der Waals surface area contributed by atoms with E-state index in [1.165, 1.54) is 6.07 Å². The first-order valence-corrected chi connectivity index (χ1v) is 13.6. The Bertz CT molecular complexity index is 1140. The zero-order valence-electron chi connectivity index (χ0n) is 22.7. The van der Waals surface area contributed by atoms with E-state index in [-0.39, 0.29) is 30.1 Å². The van der Waals surface area contributed by atoms with E-state index in [0.29, 0.717) is 35.6 Å². The van der Waals surface area contributed by atoms with Gasteiger partial charge < -0.3 is 10.1 Å². The van der Waals surface area contributed by atoms with Crippen LogP contribution < -0.4 is 10.8 Å². The molecule has 0 bridgehead atoms. The molecule has 10 heteroatoms. The van der Waals surface area contributed by atoms with Gasteiger partial charge in [-0.1, -0.05) is 55.6 Å². The number of pyridine rings is 1. The van der Waals surface area contributed by atoms with E-state index < -0.39 is 17.3 Å². The Morgan fingerprint density at radius 1 is 1.13 bits per heavy atom. The van der Waals surface area contributed by atoms with E-state index >= 15 is 0 Å². The Morgan fingerprint density at radius 3 is 2.49 bits per heavy atom. The summed E-state index contributed by atoms with van der Waals surface area (Å²) < 4.78 is 46.7. The van der Waals surface area contributed by atoms with E-state index in [1.807, 2.05) is 20.8 Å². The molecule has 0 unspecified atom stereocenters. The van der Waals surface area contributed by atoms with Crippen molar-refractivity contribution in [2.24, 2.45) is 0 Å². The summed E-state index contributed by atoms with van der Waals surface area (Å²) in [7, 11) is 0. The normalized spacial score (nSPS) is 14.7. The van der Waals surface area contributed by atoms with Crippen LogP contribution in [0.1, 0.15) is 93.2 Å². The highest BCUT2D eigenvalue weighted by molar-refractivity contribution is 6.30. The number of benzene rings is 1. The first-order valence-electron chi connectivity index (χ1n) is 13.2. The van der Waals surface area contributed by atoms with Crippen molar-refractivity contribution >= 4 is 23.3 Å². The highest BCUT2D eigenvalue weighted by atomic mass is 35.5. The smallest absolute Gasteiger partial charge is 0.416 e.